The molecule has 7 heteroatoms. The number of fused-ring (bicyclic) bond motifs is 1. The Labute approximate surface area is 167 Å². The van der Waals surface area contributed by atoms with Crippen LogP contribution >= 0.6 is 22.9 Å². The van der Waals surface area contributed by atoms with Crippen molar-refractivity contribution >= 4 is 55.6 Å². The molecule has 27 heavy (non-hydrogen) atoms. The number of hydrazone groups is 1. The lowest BCUT2D eigenvalue weighted by atomic mass is 10.1. The highest BCUT2D eigenvalue weighted by Gasteiger charge is 2.15. The van der Waals surface area contributed by atoms with Gasteiger partial charge in [0.1, 0.15) is 0 Å². The van der Waals surface area contributed by atoms with Crippen molar-refractivity contribution < 1.29 is 4.79 Å². The molecule has 0 bridgehead atoms. The summed E-state index contributed by atoms with van der Waals surface area (Å²) in [6.07, 6.45) is 0.886. The fourth-order valence-electron chi connectivity index (χ4n) is 2.63. The Morgan fingerprint density at radius 3 is 2.63 bits per heavy atom. The second-order valence-electron chi connectivity index (χ2n) is 6.33. The van der Waals surface area contributed by atoms with Gasteiger partial charge in [0.05, 0.1) is 10.2 Å². The first kappa shape index (κ1) is 19.3. The van der Waals surface area contributed by atoms with Crippen molar-refractivity contribution in [3.05, 3.63) is 52.0 Å². The minimum Gasteiger partial charge on any atom is -0.321 e. The third-order valence-electron chi connectivity index (χ3n) is 4.32. The number of nitrogens with zero attached hydrogens (tertiary/aromatic N) is 2. The van der Waals surface area contributed by atoms with Crippen LogP contribution in [0.1, 0.15) is 41.8 Å². The first-order chi connectivity index (χ1) is 12.9. The van der Waals surface area contributed by atoms with Gasteiger partial charge in [0.2, 0.25) is 5.13 Å². The number of carbonyl (C=O) groups excluding carboxylic acids is 1. The quantitative estimate of drug-likeness (QED) is 0.406. The first-order valence-corrected chi connectivity index (χ1v) is 9.85. The lowest BCUT2D eigenvalue weighted by Crippen LogP contribution is -2.13. The van der Waals surface area contributed by atoms with Crippen LogP contribution in [0.3, 0.4) is 0 Å². The van der Waals surface area contributed by atoms with Crippen LogP contribution in [-0.4, -0.2) is 16.6 Å². The van der Waals surface area contributed by atoms with Crippen molar-refractivity contribution in [2.75, 3.05) is 10.7 Å². The van der Waals surface area contributed by atoms with E-state index in [-0.39, 0.29) is 5.91 Å². The van der Waals surface area contributed by atoms with Crippen molar-refractivity contribution in [1.29, 1.82) is 0 Å². The van der Waals surface area contributed by atoms with Crippen molar-refractivity contribution in [3.8, 4) is 0 Å². The third-order valence-corrected chi connectivity index (χ3v) is 5.66. The minimum atomic E-state index is -0.164. The zero-order valence-electron chi connectivity index (χ0n) is 15.7. The molecule has 0 atom stereocenters. The number of carbonyl (C=O) groups is 1. The van der Waals surface area contributed by atoms with Gasteiger partial charge in [-0.3, -0.25) is 10.2 Å². The van der Waals surface area contributed by atoms with Gasteiger partial charge in [0.25, 0.3) is 5.91 Å². The minimum absolute atomic E-state index is 0.164. The molecule has 0 aliphatic rings. The molecule has 3 aromatic rings. The molecule has 2 N–H and O–H groups in total. The summed E-state index contributed by atoms with van der Waals surface area (Å²) < 4.78 is 1.03. The van der Waals surface area contributed by atoms with E-state index in [4.69, 9.17) is 11.6 Å². The monoisotopic (exact) mass is 400 g/mol. The van der Waals surface area contributed by atoms with Crippen molar-refractivity contribution in [3.63, 3.8) is 0 Å². The van der Waals surface area contributed by atoms with Crippen LogP contribution < -0.4 is 10.7 Å². The fourth-order valence-corrected chi connectivity index (χ4v) is 3.65. The molecule has 0 spiro atoms. The summed E-state index contributed by atoms with van der Waals surface area (Å²) in [6.45, 7) is 7.99. The molecule has 0 saturated heterocycles. The summed E-state index contributed by atoms with van der Waals surface area (Å²) in [5.74, 6) is -0.164. The zero-order valence-corrected chi connectivity index (χ0v) is 17.3. The van der Waals surface area contributed by atoms with Gasteiger partial charge < -0.3 is 5.32 Å². The number of nitrogens with one attached hydrogen (secondary N) is 2. The van der Waals surface area contributed by atoms with Gasteiger partial charge in [0, 0.05) is 22.0 Å². The summed E-state index contributed by atoms with van der Waals surface area (Å²) in [5, 5.41) is 8.68. The summed E-state index contributed by atoms with van der Waals surface area (Å²) >= 11 is 7.42. The van der Waals surface area contributed by atoms with E-state index < -0.39 is 0 Å². The van der Waals surface area contributed by atoms with Crippen LogP contribution in [0.2, 0.25) is 5.02 Å². The molecule has 5 nitrogen and oxygen atoms in total. The van der Waals surface area contributed by atoms with Gasteiger partial charge in [0.15, 0.2) is 0 Å². The van der Waals surface area contributed by atoms with E-state index >= 15 is 0 Å². The van der Waals surface area contributed by atoms with Gasteiger partial charge in [-0.05, 0) is 68.7 Å². The Balaban J connectivity index is 1.91. The maximum atomic E-state index is 12.6. The highest BCUT2D eigenvalue weighted by Crippen LogP contribution is 2.35. The summed E-state index contributed by atoms with van der Waals surface area (Å²) in [6, 6.07) is 8.82. The average molecular weight is 401 g/mol. The molecule has 1 amide bonds. The molecule has 0 fully saturated rings. The standard InChI is InChI=1S/C20H21ClN4OS/c1-5-12(3)24-25-20-22-16-10-11(2)17(13(4)18(16)27-20)23-19(26)14-6-8-15(21)9-7-14/h6-10H,5H2,1-4H3,(H,22,25)(H,23,26)/b24-12+. The molecule has 0 aliphatic carbocycles. The average Bonchev–Trinajstić information content (AvgIpc) is 3.06. The lowest BCUT2D eigenvalue weighted by molar-refractivity contribution is 0.102. The molecule has 1 aromatic heterocycles. The molecular weight excluding hydrogens is 380 g/mol. The topological polar surface area (TPSA) is 66.4 Å². The van der Waals surface area contributed by atoms with Crippen molar-refractivity contribution in [1.82, 2.24) is 4.98 Å². The normalized spacial score (nSPS) is 11.7. The van der Waals surface area contributed by atoms with Crippen LogP contribution in [0, 0.1) is 13.8 Å². The van der Waals surface area contributed by atoms with Crippen molar-refractivity contribution in [2.24, 2.45) is 5.10 Å². The van der Waals surface area contributed by atoms with Crippen LogP contribution in [-0.2, 0) is 0 Å². The predicted octanol–water partition coefficient (Wildman–Crippen LogP) is 6.02. The zero-order chi connectivity index (χ0) is 19.6. The van der Waals surface area contributed by atoms with E-state index in [1.165, 1.54) is 11.3 Å². The maximum absolute atomic E-state index is 12.6. The van der Waals surface area contributed by atoms with Gasteiger partial charge in [-0.15, -0.1) is 0 Å². The van der Waals surface area contributed by atoms with Crippen LogP contribution in [0.5, 0.6) is 0 Å². The predicted molar refractivity (Wildman–Crippen MR) is 116 cm³/mol. The Hall–Kier alpha value is -2.44. The highest BCUT2D eigenvalue weighted by atomic mass is 35.5. The number of halogens is 1. The van der Waals surface area contributed by atoms with E-state index in [1.54, 1.807) is 24.3 Å². The number of aryl methyl sites for hydroxylation is 2. The van der Waals surface area contributed by atoms with Gasteiger partial charge in [-0.1, -0.05) is 29.9 Å². The Morgan fingerprint density at radius 2 is 1.96 bits per heavy atom. The summed E-state index contributed by atoms with van der Waals surface area (Å²) in [7, 11) is 0. The maximum Gasteiger partial charge on any atom is 0.255 e. The van der Waals surface area contributed by atoms with Gasteiger partial charge in [-0.2, -0.15) is 5.10 Å². The first-order valence-electron chi connectivity index (χ1n) is 8.66. The molecule has 0 radical (unpaired) electrons. The number of rotatable bonds is 5. The number of aromatic nitrogens is 1. The Kier molecular flexibility index (Phi) is 5.77. The van der Waals surface area contributed by atoms with E-state index in [1.807, 2.05) is 26.8 Å². The number of benzene rings is 2. The molecule has 0 unspecified atom stereocenters. The number of anilines is 2. The Morgan fingerprint density at radius 1 is 1.26 bits per heavy atom. The lowest BCUT2D eigenvalue weighted by Gasteiger charge is -2.12. The Bertz CT molecular complexity index is 1020. The number of thiazole rings is 1. The largest absolute Gasteiger partial charge is 0.321 e. The molecule has 140 valence electrons. The molecule has 3 rings (SSSR count). The summed E-state index contributed by atoms with van der Waals surface area (Å²) in [4.78, 5) is 17.2. The number of hydrogen-bond acceptors (Lipinski definition) is 5. The SMILES string of the molecule is CC/C(C)=N/Nc1nc2cc(C)c(NC(=O)c3ccc(Cl)cc3)c(C)c2s1. The van der Waals surface area contributed by atoms with E-state index in [9.17, 15) is 4.79 Å². The number of hydrogen-bond donors (Lipinski definition) is 2. The van der Waals surface area contributed by atoms with Crippen molar-refractivity contribution in [2.45, 2.75) is 34.1 Å². The molecule has 1 heterocycles. The van der Waals surface area contributed by atoms with Gasteiger partial charge >= 0.3 is 0 Å². The molecule has 0 saturated carbocycles. The molecule has 2 aromatic carbocycles. The second-order valence-corrected chi connectivity index (χ2v) is 7.77. The van der Waals surface area contributed by atoms with E-state index in [0.717, 1.165) is 44.3 Å². The van der Waals surface area contributed by atoms with Gasteiger partial charge in [-0.25, -0.2) is 4.98 Å². The van der Waals surface area contributed by atoms with Crippen LogP contribution in [0.15, 0.2) is 35.4 Å². The van der Waals surface area contributed by atoms with E-state index in [0.29, 0.717) is 10.6 Å². The smallest absolute Gasteiger partial charge is 0.255 e. The fraction of sp³-hybridized carbons (Fsp3) is 0.250. The molecular formula is C20H21ClN4OS. The third kappa shape index (κ3) is 4.28. The van der Waals surface area contributed by atoms with Crippen LogP contribution in [0.4, 0.5) is 10.8 Å². The van der Waals surface area contributed by atoms with E-state index in [2.05, 4.69) is 27.8 Å². The molecule has 0 aliphatic heterocycles. The second kappa shape index (κ2) is 8.06. The van der Waals surface area contributed by atoms with Crippen LogP contribution in [0.25, 0.3) is 10.2 Å². The number of amides is 1. The summed E-state index contributed by atoms with van der Waals surface area (Å²) in [5.41, 5.74) is 8.26. The highest BCUT2D eigenvalue weighted by molar-refractivity contribution is 7.22.